The molecule has 0 radical (unpaired) electrons. The highest BCUT2D eigenvalue weighted by atomic mass is 35.5. The first kappa shape index (κ1) is 21.0. The average molecular weight is 434 g/mol. The predicted molar refractivity (Wildman–Crippen MR) is 112 cm³/mol. The normalized spacial score (nSPS) is 15.1. The Balaban J connectivity index is 1.84. The maximum Gasteiger partial charge on any atom is 0.293 e. The fourth-order valence-electron chi connectivity index (χ4n) is 2.68. The number of rotatable bonds is 7. The van der Waals surface area contributed by atoms with E-state index >= 15 is 0 Å². The minimum atomic E-state index is -0.388. The van der Waals surface area contributed by atoms with Crippen molar-refractivity contribution < 1.29 is 23.5 Å². The molecule has 150 valence electrons. The molecule has 1 fully saturated rings. The molecule has 0 unspecified atom stereocenters. The summed E-state index contributed by atoms with van der Waals surface area (Å²) in [5.74, 6) is -0.0906. The molecule has 8 heteroatoms. The Bertz CT molecular complexity index is 1010. The number of hydrogen-bond donors (Lipinski definition) is 0. The van der Waals surface area contributed by atoms with Gasteiger partial charge in [-0.2, -0.15) is 0 Å². The molecule has 2 aromatic carbocycles. The van der Waals surface area contributed by atoms with E-state index in [4.69, 9.17) is 21.1 Å². The van der Waals surface area contributed by atoms with Crippen LogP contribution in [0.4, 0.5) is 9.18 Å². The van der Waals surface area contributed by atoms with Gasteiger partial charge in [-0.1, -0.05) is 29.8 Å². The van der Waals surface area contributed by atoms with Crippen molar-refractivity contribution >= 4 is 40.6 Å². The summed E-state index contributed by atoms with van der Waals surface area (Å²) in [6.45, 7) is 3.80. The second-order valence-electron chi connectivity index (χ2n) is 6.03. The first-order valence-electron chi connectivity index (χ1n) is 8.54. The second kappa shape index (κ2) is 9.15. The third-order valence-electron chi connectivity index (χ3n) is 4.01. The fraction of sp³-hybridized carbons (Fsp3) is 0.143. The smallest absolute Gasteiger partial charge is 0.293 e. The van der Waals surface area contributed by atoms with Gasteiger partial charge in [0.05, 0.1) is 17.0 Å². The number of halogens is 2. The van der Waals surface area contributed by atoms with Gasteiger partial charge in [-0.15, -0.1) is 6.58 Å². The Morgan fingerprint density at radius 2 is 2.07 bits per heavy atom. The predicted octanol–water partition coefficient (Wildman–Crippen LogP) is 5.29. The molecule has 0 aliphatic carbocycles. The fourth-order valence-corrected chi connectivity index (χ4v) is 3.81. The van der Waals surface area contributed by atoms with Crippen molar-refractivity contribution in [1.82, 2.24) is 4.90 Å². The standard InChI is InChI=1S/C21H17ClFNO4S/c1-3-7-24-20(25)18(29-21(24)26)11-14-9-16(22)19(17(10-14)27-2)28-12-13-5-4-6-15(23)8-13/h3-6,8-11H,1,7,12H2,2H3/b18-11+. The van der Waals surface area contributed by atoms with E-state index in [1.54, 1.807) is 30.3 Å². The second-order valence-corrected chi connectivity index (χ2v) is 7.43. The number of carbonyl (C=O) groups excluding carboxylic acids is 2. The zero-order chi connectivity index (χ0) is 21.0. The Kier molecular flexibility index (Phi) is 6.61. The number of thioether (sulfide) groups is 1. The van der Waals surface area contributed by atoms with Gasteiger partial charge >= 0.3 is 0 Å². The molecule has 29 heavy (non-hydrogen) atoms. The number of hydrogen-bond acceptors (Lipinski definition) is 5. The molecule has 0 N–H and O–H groups in total. The Morgan fingerprint density at radius 3 is 2.76 bits per heavy atom. The Labute approximate surface area is 176 Å². The summed E-state index contributed by atoms with van der Waals surface area (Å²) >= 11 is 7.20. The van der Waals surface area contributed by atoms with Gasteiger partial charge in [-0.05, 0) is 53.2 Å². The van der Waals surface area contributed by atoms with Crippen LogP contribution in [0.15, 0.2) is 54.0 Å². The van der Waals surface area contributed by atoms with Crippen LogP contribution < -0.4 is 9.47 Å². The van der Waals surface area contributed by atoms with Crippen LogP contribution in [0.25, 0.3) is 6.08 Å². The molecule has 3 rings (SSSR count). The molecule has 1 aliphatic heterocycles. The highest BCUT2D eigenvalue weighted by molar-refractivity contribution is 8.18. The number of imide groups is 1. The summed E-state index contributed by atoms with van der Waals surface area (Å²) < 4.78 is 24.4. The number of methoxy groups -OCH3 is 1. The number of benzene rings is 2. The van der Waals surface area contributed by atoms with Gasteiger partial charge in [0.15, 0.2) is 11.5 Å². The SMILES string of the molecule is C=CCN1C(=O)S/C(=C/c2cc(Cl)c(OCc3cccc(F)c3)c(OC)c2)C1=O. The van der Waals surface area contributed by atoms with Crippen LogP contribution in [-0.2, 0) is 11.4 Å². The van der Waals surface area contributed by atoms with E-state index in [0.717, 1.165) is 16.7 Å². The molecular formula is C21H17ClFNO4S. The molecule has 1 saturated heterocycles. The summed E-state index contributed by atoms with van der Waals surface area (Å²) in [6, 6.07) is 9.30. The molecule has 0 saturated carbocycles. The molecule has 1 heterocycles. The van der Waals surface area contributed by atoms with E-state index in [9.17, 15) is 14.0 Å². The summed E-state index contributed by atoms with van der Waals surface area (Å²) in [5.41, 5.74) is 1.22. The summed E-state index contributed by atoms with van der Waals surface area (Å²) in [5, 5.41) is -0.0911. The number of amides is 2. The Hall–Kier alpha value is -2.77. The zero-order valence-corrected chi connectivity index (χ0v) is 17.1. The van der Waals surface area contributed by atoms with Gasteiger partial charge in [0.25, 0.3) is 11.1 Å². The van der Waals surface area contributed by atoms with Gasteiger partial charge in [0.1, 0.15) is 12.4 Å². The number of carbonyl (C=O) groups is 2. The van der Waals surface area contributed by atoms with Crippen LogP contribution in [-0.4, -0.2) is 29.7 Å². The minimum Gasteiger partial charge on any atom is -0.493 e. The molecule has 2 amide bonds. The first-order valence-corrected chi connectivity index (χ1v) is 9.73. The Morgan fingerprint density at radius 1 is 1.28 bits per heavy atom. The van der Waals surface area contributed by atoms with Crippen molar-refractivity contribution in [1.29, 1.82) is 0 Å². The first-order chi connectivity index (χ1) is 13.9. The van der Waals surface area contributed by atoms with Crippen LogP contribution in [0.3, 0.4) is 0 Å². The largest absolute Gasteiger partial charge is 0.493 e. The lowest BCUT2D eigenvalue weighted by molar-refractivity contribution is -0.122. The molecular weight excluding hydrogens is 417 g/mol. The van der Waals surface area contributed by atoms with E-state index in [2.05, 4.69) is 6.58 Å². The van der Waals surface area contributed by atoms with Crippen molar-refractivity contribution in [2.24, 2.45) is 0 Å². The van der Waals surface area contributed by atoms with E-state index in [1.165, 1.54) is 25.3 Å². The van der Waals surface area contributed by atoms with Crippen molar-refractivity contribution in [2.45, 2.75) is 6.61 Å². The van der Waals surface area contributed by atoms with Crippen LogP contribution in [0.5, 0.6) is 11.5 Å². The molecule has 0 atom stereocenters. The number of ether oxygens (including phenoxy) is 2. The summed E-state index contributed by atoms with van der Waals surface area (Å²) in [4.78, 5) is 25.7. The molecule has 2 aromatic rings. The van der Waals surface area contributed by atoms with Crippen LogP contribution in [0.1, 0.15) is 11.1 Å². The van der Waals surface area contributed by atoms with Gasteiger partial charge < -0.3 is 9.47 Å². The zero-order valence-electron chi connectivity index (χ0n) is 15.5. The average Bonchev–Trinajstić information content (AvgIpc) is 2.94. The number of nitrogens with zero attached hydrogens (tertiary/aromatic N) is 1. The summed E-state index contributed by atoms with van der Waals surface area (Å²) in [7, 11) is 1.46. The molecule has 0 spiro atoms. The lowest BCUT2D eigenvalue weighted by Gasteiger charge is -2.13. The topological polar surface area (TPSA) is 55.8 Å². The highest BCUT2D eigenvalue weighted by Crippen LogP contribution is 2.39. The van der Waals surface area contributed by atoms with Crippen molar-refractivity contribution in [3.8, 4) is 11.5 Å². The van der Waals surface area contributed by atoms with E-state index in [-0.39, 0.29) is 40.0 Å². The van der Waals surface area contributed by atoms with Gasteiger partial charge in [-0.25, -0.2) is 4.39 Å². The van der Waals surface area contributed by atoms with Gasteiger partial charge in [-0.3, -0.25) is 14.5 Å². The lowest BCUT2D eigenvalue weighted by Crippen LogP contribution is -2.27. The third-order valence-corrected chi connectivity index (χ3v) is 5.20. The van der Waals surface area contributed by atoms with Crippen molar-refractivity contribution in [3.05, 3.63) is 75.9 Å². The van der Waals surface area contributed by atoms with Gasteiger partial charge in [0, 0.05) is 6.54 Å². The maximum absolute atomic E-state index is 13.3. The molecule has 0 aromatic heterocycles. The van der Waals surface area contributed by atoms with Crippen molar-refractivity contribution in [2.75, 3.05) is 13.7 Å². The molecule has 0 bridgehead atoms. The summed E-state index contributed by atoms with van der Waals surface area (Å²) in [6.07, 6.45) is 3.06. The maximum atomic E-state index is 13.3. The molecule has 5 nitrogen and oxygen atoms in total. The minimum absolute atomic E-state index is 0.105. The van der Waals surface area contributed by atoms with E-state index < -0.39 is 0 Å². The van der Waals surface area contributed by atoms with E-state index in [0.29, 0.717) is 22.6 Å². The van der Waals surface area contributed by atoms with Crippen LogP contribution in [0, 0.1) is 5.82 Å². The quantitative estimate of drug-likeness (QED) is 0.438. The monoisotopic (exact) mass is 433 g/mol. The highest BCUT2D eigenvalue weighted by Gasteiger charge is 2.34. The van der Waals surface area contributed by atoms with Crippen molar-refractivity contribution in [3.63, 3.8) is 0 Å². The van der Waals surface area contributed by atoms with E-state index in [1.807, 2.05) is 0 Å². The van der Waals surface area contributed by atoms with Crippen LogP contribution >= 0.6 is 23.4 Å². The lowest BCUT2D eigenvalue weighted by atomic mass is 10.1. The third kappa shape index (κ3) is 4.81. The van der Waals surface area contributed by atoms with Gasteiger partial charge in [0.2, 0.25) is 0 Å². The van der Waals surface area contributed by atoms with Crippen LogP contribution in [0.2, 0.25) is 5.02 Å². The molecule has 1 aliphatic rings.